The minimum atomic E-state index is 0.523. The first-order chi connectivity index (χ1) is 8.33. The van der Waals surface area contributed by atoms with E-state index in [0.717, 1.165) is 25.1 Å². The van der Waals surface area contributed by atoms with Gasteiger partial charge in [0.1, 0.15) is 0 Å². The van der Waals surface area contributed by atoms with E-state index in [1.165, 1.54) is 45.3 Å². The Morgan fingerprint density at radius 1 is 1.29 bits per heavy atom. The van der Waals surface area contributed by atoms with E-state index in [0.29, 0.717) is 6.10 Å². The Morgan fingerprint density at radius 2 is 2.18 bits per heavy atom. The lowest BCUT2D eigenvalue weighted by Gasteiger charge is -2.35. The fraction of sp³-hybridized carbons (Fsp3) is 1.00. The Labute approximate surface area is 106 Å². The fourth-order valence-corrected chi connectivity index (χ4v) is 3.36. The van der Waals surface area contributed by atoms with Crippen LogP contribution in [0.5, 0.6) is 0 Å². The molecule has 2 heterocycles. The summed E-state index contributed by atoms with van der Waals surface area (Å²) in [5, 5.41) is 3.59. The highest BCUT2D eigenvalue weighted by atomic mass is 16.5. The summed E-state index contributed by atoms with van der Waals surface area (Å²) in [6.45, 7) is 10.3. The molecule has 3 nitrogen and oxygen atoms in total. The van der Waals surface area contributed by atoms with Crippen molar-refractivity contribution >= 4 is 0 Å². The number of hydrogen-bond donors (Lipinski definition) is 1. The number of piperidine rings is 1. The lowest BCUT2D eigenvalue weighted by molar-refractivity contribution is 0.0697. The highest BCUT2D eigenvalue weighted by molar-refractivity contribution is 4.83. The minimum absolute atomic E-state index is 0.523. The maximum absolute atomic E-state index is 5.79. The summed E-state index contributed by atoms with van der Waals surface area (Å²) in [6.07, 6.45) is 5.66. The van der Waals surface area contributed by atoms with Crippen LogP contribution in [-0.4, -0.2) is 49.8 Å². The third-order valence-corrected chi connectivity index (χ3v) is 4.24. The highest BCUT2D eigenvalue weighted by Crippen LogP contribution is 2.25. The van der Waals surface area contributed by atoms with E-state index in [1.807, 2.05) is 0 Å². The van der Waals surface area contributed by atoms with Crippen LogP contribution in [0.1, 0.15) is 39.5 Å². The Balaban J connectivity index is 1.77. The van der Waals surface area contributed by atoms with E-state index in [1.54, 1.807) is 0 Å². The summed E-state index contributed by atoms with van der Waals surface area (Å²) in [6, 6.07) is 0.719. The van der Waals surface area contributed by atoms with Crippen molar-refractivity contribution in [2.75, 3.05) is 32.8 Å². The molecule has 3 heteroatoms. The van der Waals surface area contributed by atoms with Gasteiger partial charge in [-0.25, -0.2) is 0 Å². The van der Waals surface area contributed by atoms with Gasteiger partial charge in [-0.1, -0.05) is 13.8 Å². The first kappa shape index (κ1) is 13.3. The third kappa shape index (κ3) is 3.67. The van der Waals surface area contributed by atoms with Crippen molar-refractivity contribution in [3.63, 3.8) is 0 Å². The quantitative estimate of drug-likeness (QED) is 0.794. The predicted molar refractivity (Wildman–Crippen MR) is 71.3 cm³/mol. The Morgan fingerprint density at radius 3 is 2.94 bits per heavy atom. The van der Waals surface area contributed by atoms with E-state index in [-0.39, 0.29) is 0 Å². The number of nitrogens with zero attached hydrogens (tertiary/aromatic N) is 1. The van der Waals surface area contributed by atoms with Crippen molar-refractivity contribution in [2.45, 2.75) is 51.7 Å². The molecule has 0 bridgehead atoms. The highest BCUT2D eigenvalue weighted by Gasteiger charge is 2.30. The van der Waals surface area contributed by atoms with Gasteiger partial charge < -0.3 is 15.0 Å². The molecule has 2 fully saturated rings. The molecule has 0 spiro atoms. The molecule has 0 aromatic carbocycles. The molecule has 1 N–H and O–H groups in total. The van der Waals surface area contributed by atoms with Crippen LogP contribution in [0.25, 0.3) is 0 Å². The lowest BCUT2D eigenvalue weighted by Crippen LogP contribution is -2.47. The molecular weight excluding hydrogens is 212 g/mol. The monoisotopic (exact) mass is 240 g/mol. The molecule has 100 valence electrons. The van der Waals surface area contributed by atoms with Crippen LogP contribution in [0.2, 0.25) is 0 Å². The van der Waals surface area contributed by atoms with Gasteiger partial charge in [-0.05, 0) is 44.7 Å². The molecule has 3 unspecified atom stereocenters. The molecule has 17 heavy (non-hydrogen) atoms. The molecule has 0 aromatic heterocycles. The molecule has 0 saturated carbocycles. The summed E-state index contributed by atoms with van der Waals surface area (Å²) in [5.74, 6) is 0.778. The molecule has 2 rings (SSSR count). The molecule has 2 aliphatic heterocycles. The second-order valence-electron chi connectivity index (χ2n) is 5.52. The summed E-state index contributed by atoms with van der Waals surface area (Å²) in [7, 11) is 0. The van der Waals surface area contributed by atoms with Crippen molar-refractivity contribution in [1.29, 1.82) is 0 Å². The Bertz CT molecular complexity index is 220. The van der Waals surface area contributed by atoms with Crippen LogP contribution in [0.4, 0.5) is 0 Å². The van der Waals surface area contributed by atoms with Gasteiger partial charge in [0.05, 0.1) is 6.10 Å². The second kappa shape index (κ2) is 6.72. The summed E-state index contributed by atoms with van der Waals surface area (Å²) in [5.41, 5.74) is 0. The topological polar surface area (TPSA) is 24.5 Å². The molecule has 0 aliphatic carbocycles. The van der Waals surface area contributed by atoms with E-state index in [9.17, 15) is 0 Å². The number of hydrogen-bond acceptors (Lipinski definition) is 3. The number of nitrogens with one attached hydrogen (secondary N) is 1. The Kier molecular flexibility index (Phi) is 5.26. The van der Waals surface area contributed by atoms with E-state index >= 15 is 0 Å². The molecule has 0 amide bonds. The zero-order chi connectivity index (χ0) is 12.1. The number of rotatable bonds is 5. The Hall–Kier alpha value is -0.120. The third-order valence-electron chi connectivity index (χ3n) is 4.24. The lowest BCUT2D eigenvalue weighted by atomic mass is 9.97. The molecule has 0 aromatic rings. The van der Waals surface area contributed by atoms with Gasteiger partial charge in [-0.2, -0.15) is 0 Å². The van der Waals surface area contributed by atoms with Crippen LogP contribution < -0.4 is 5.32 Å². The molecule has 3 atom stereocenters. The zero-order valence-corrected chi connectivity index (χ0v) is 11.5. The minimum Gasteiger partial charge on any atom is -0.378 e. The van der Waals surface area contributed by atoms with Gasteiger partial charge in [-0.3, -0.25) is 0 Å². The predicted octanol–water partition coefficient (Wildman–Crippen LogP) is 1.88. The number of likely N-dealkylation sites (N-methyl/N-ethyl adjacent to an activating group) is 1. The smallest absolute Gasteiger partial charge is 0.0613 e. The van der Waals surface area contributed by atoms with Gasteiger partial charge in [0.2, 0.25) is 0 Å². The summed E-state index contributed by atoms with van der Waals surface area (Å²) < 4.78 is 5.79. The van der Waals surface area contributed by atoms with E-state index < -0.39 is 0 Å². The van der Waals surface area contributed by atoms with Gasteiger partial charge in [0.15, 0.2) is 0 Å². The summed E-state index contributed by atoms with van der Waals surface area (Å²) in [4.78, 5) is 2.65. The maximum atomic E-state index is 5.79. The average molecular weight is 240 g/mol. The van der Waals surface area contributed by atoms with Crippen molar-refractivity contribution < 1.29 is 4.74 Å². The maximum Gasteiger partial charge on any atom is 0.0613 e. The van der Waals surface area contributed by atoms with Crippen LogP contribution in [-0.2, 0) is 4.74 Å². The standard InChI is InChI=1S/C14H28N2O/c1-3-14-12(7-9-17-14)10-16-8-5-6-13(11-16)15-4-2/h12-15H,3-11H2,1-2H3. The van der Waals surface area contributed by atoms with Gasteiger partial charge in [-0.15, -0.1) is 0 Å². The van der Waals surface area contributed by atoms with Crippen LogP contribution >= 0.6 is 0 Å². The fourth-order valence-electron chi connectivity index (χ4n) is 3.36. The molecular formula is C14H28N2O. The summed E-state index contributed by atoms with van der Waals surface area (Å²) >= 11 is 0. The average Bonchev–Trinajstić information content (AvgIpc) is 2.77. The first-order valence-corrected chi connectivity index (χ1v) is 7.40. The van der Waals surface area contributed by atoms with Crippen molar-refractivity contribution in [3.05, 3.63) is 0 Å². The number of ether oxygens (including phenoxy) is 1. The normalized spacial score (nSPS) is 35.3. The largest absolute Gasteiger partial charge is 0.378 e. The van der Waals surface area contributed by atoms with Crippen LogP contribution in [0, 0.1) is 5.92 Å². The zero-order valence-electron chi connectivity index (χ0n) is 11.5. The van der Waals surface area contributed by atoms with Gasteiger partial charge >= 0.3 is 0 Å². The van der Waals surface area contributed by atoms with Gasteiger partial charge in [0.25, 0.3) is 0 Å². The van der Waals surface area contributed by atoms with Crippen molar-refractivity contribution in [1.82, 2.24) is 10.2 Å². The van der Waals surface area contributed by atoms with Crippen molar-refractivity contribution in [3.8, 4) is 0 Å². The molecule has 0 radical (unpaired) electrons. The van der Waals surface area contributed by atoms with E-state index in [2.05, 4.69) is 24.1 Å². The SMILES string of the molecule is CCNC1CCCN(CC2CCOC2CC)C1. The first-order valence-electron chi connectivity index (χ1n) is 7.40. The second-order valence-corrected chi connectivity index (χ2v) is 5.52. The van der Waals surface area contributed by atoms with E-state index in [4.69, 9.17) is 4.74 Å². The molecule has 2 saturated heterocycles. The van der Waals surface area contributed by atoms with Crippen molar-refractivity contribution in [2.24, 2.45) is 5.92 Å². The van der Waals surface area contributed by atoms with Crippen LogP contribution in [0.15, 0.2) is 0 Å². The van der Waals surface area contributed by atoms with Crippen LogP contribution in [0.3, 0.4) is 0 Å². The molecule has 2 aliphatic rings. The van der Waals surface area contributed by atoms with Gasteiger partial charge in [0, 0.05) is 25.7 Å². The number of likely N-dealkylation sites (tertiary alicyclic amines) is 1.